The molecule has 0 fully saturated rings. The van der Waals surface area contributed by atoms with Crippen molar-refractivity contribution in [2.45, 2.75) is 38.0 Å². The van der Waals surface area contributed by atoms with E-state index >= 15 is 0 Å². The third-order valence-electron chi connectivity index (χ3n) is 5.21. The number of carboxylic acids is 1. The van der Waals surface area contributed by atoms with E-state index in [-0.39, 0.29) is 12.0 Å². The lowest BCUT2D eigenvalue weighted by Crippen LogP contribution is -2.38. The number of carboxylic acid groups (broad SMARTS) is 1. The summed E-state index contributed by atoms with van der Waals surface area (Å²) in [7, 11) is 0. The Morgan fingerprint density at radius 2 is 1.78 bits per heavy atom. The molecule has 0 saturated heterocycles. The van der Waals surface area contributed by atoms with Crippen molar-refractivity contribution in [2.75, 3.05) is 4.90 Å². The zero-order valence-corrected chi connectivity index (χ0v) is 15.4. The Balaban J connectivity index is 1.77. The van der Waals surface area contributed by atoms with E-state index in [0.717, 1.165) is 11.3 Å². The molecule has 0 amide bonds. The zero-order chi connectivity index (χ0) is 19.0. The fourth-order valence-corrected chi connectivity index (χ4v) is 4.12. The maximum Gasteiger partial charge on any atom is 0.349 e. The summed E-state index contributed by atoms with van der Waals surface area (Å²) in [6.07, 6.45) is 7.48. The van der Waals surface area contributed by atoms with Crippen molar-refractivity contribution in [1.82, 2.24) is 0 Å². The van der Waals surface area contributed by atoms with E-state index in [9.17, 15) is 9.90 Å². The fourth-order valence-electron chi connectivity index (χ4n) is 4.12. The van der Waals surface area contributed by atoms with Crippen molar-refractivity contribution in [3.63, 3.8) is 0 Å². The van der Waals surface area contributed by atoms with E-state index in [0.29, 0.717) is 17.4 Å². The number of rotatable bonds is 5. The summed E-state index contributed by atoms with van der Waals surface area (Å²) in [5.74, 6) is -0.191. The van der Waals surface area contributed by atoms with Gasteiger partial charge in [-0.25, -0.2) is 4.79 Å². The molecule has 4 nitrogen and oxygen atoms in total. The van der Waals surface area contributed by atoms with E-state index in [2.05, 4.69) is 49.1 Å². The number of hydrogen-bond acceptors (Lipinski definition) is 3. The molecule has 1 aliphatic heterocycles. The van der Waals surface area contributed by atoms with Crippen molar-refractivity contribution < 1.29 is 14.6 Å². The Morgan fingerprint density at radius 3 is 2.48 bits per heavy atom. The zero-order valence-electron chi connectivity index (χ0n) is 15.4. The number of anilines is 1. The molecule has 0 saturated carbocycles. The summed E-state index contributed by atoms with van der Waals surface area (Å²) in [5.41, 5.74) is 2.82. The number of nitrogens with zero attached hydrogens (tertiary/aromatic N) is 1. The topological polar surface area (TPSA) is 49.8 Å². The van der Waals surface area contributed by atoms with E-state index in [1.165, 1.54) is 0 Å². The first kappa shape index (κ1) is 17.4. The van der Waals surface area contributed by atoms with E-state index in [4.69, 9.17) is 4.74 Å². The second-order valence-corrected chi connectivity index (χ2v) is 7.22. The third-order valence-corrected chi connectivity index (χ3v) is 5.21. The predicted octanol–water partition coefficient (Wildman–Crippen LogP) is 4.70. The van der Waals surface area contributed by atoms with Gasteiger partial charge in [0.25, 0.3) is 0 Å². The van der Waals surface area contributed by atoms with Crippen molar-refractivity contribution in [2.24, 2.45) is 0 Å². The highest BCUT2D eigenvalue weighted by Crippen LogP contribution is 2.49. The van der Waals surface area contributed by atoms with Crippen LogP contribution in [-0.4, -0.2) is 23.2 Å². The fraction of sp³-hybridized carbons (Fsp3) is 0.261. The number of benzene rings is 2. The minimum Gasteiger partial charge on any atom is -0.478 e. The largest absolute Gasteiger partial charge is 0.478 e. The first-order chi connectivity index (χ1) is 13.1. The van der Waals surface area contributed by atoms with Crippen LogP contribution in [0.5, 0.6) is 5.75 Å². The second kappa shape index (κ2) is 6.95. The average Bonchev–Trinajstić information content (AvgIpc) is 3.02. The predicted molar refractivity (Wildman–Crippen MR) is 106 cm³/mol. The normalized spacial score (nSPS) is 21.1. The highest BCUT2D eigenvalue weighted by atomic mass is 16.5. The minimum absolute atomic E-state index is 0.161. The first-order valence-corrected chi connectivity index (χ1v) is 9.28. The smallest absolute Gasteiger partial charge is 0.349 e. The Labute approximate surface area is 159 Å². The highest BCUT2D eigenvalue weighted by molar-refractivity contribution is 5.76. The average molecular weight is 361 g/mol. The lowest BCUT2D eigenvalue weighted by Gasteiger charge is -2.32. The molecule has 1 heterocycles. The number of allylic oxidation sites excluding steroid dienone is 2. The van der Waals surface area contributed by atoms with Crippen LogP contribution >= 0.6 is 0 Å². The molecule has 2 aromatic carbocycles. The van der Waals surface area contributed by atoms with Gasteiger partial charge in [-0.3, -0.25) is 0 Å². The molecular weight excluding hydrogens is 338 g/mol. The molecule has 4 heteroatoms. The van der Waals surface area contributed by atoms with Gasteiger partial charge in [0.2, 0.25) is 6.10 Å². The maximum absolute atomic E-state index is 11.9. The van der Waals surface area contributed by atoms with Crippen LogP contribution in [0.15, 0.2) is 72.8 Å². The molecule has 1 aliphatic carbocycles. The summed E-state index contributed by atoms with van der Waals surface area (Å²) < 4.78 is 6.10. The van der Waals surface area contributed by atoms with Gasteiger partial charge in [-0.2, -0.15) is 0 Å². The summed E-state index contributed by atoms with van der Waals surface area (Å²) in [5, 5.41) is 9.75. The van der Waals surface area contributed by atoms with Crippen LogP contribution in [0.2, 0.25) is 0 Å². The van der Waals surface area contributed by atoms with Crippen molar-refractivity contribution in [3.05, 3.63) is 84.0 Å². The van der Waals surface area contributed by atoms with Crippen LogP contribution in [-0.2, 0) is 4.79 Å². The van der Waals surface area contributed by atoms with E-state index in [1.807, 2.05) is 30.3 Å². The van der Waals surface area contributed by atoms with Crippen molar-refractivity contribution in [3.8, 4) is 5.75 Å². The second-order valence-electron chi connectivity index (χ2n) is 7.22. The number of aliphatic carboxylic acids is 1. The first-order valence-electron chi connectivity index (χ1n) is 9.28. The number of fused-ring (bicyclic) bond motifs is 3. The number of carbonyl (C=O) groups is 1. The number of ether oxygens (including phenoxy) is 1. The molecule has 0 bridgehead atoms. The van der Waals surface area contributed by atoms with E-state index in [1.54, 1.807) is 12.1 Å². The maximum atomic E-state index is 11.9. The van der Waals surface area contributed by atoms with Gasteiger partial charge in [-0.05, 0) is 26.0 Å². The quantitative estimate of drug-likeness (QED) is 0.839. The molecule has 0 spiro atoms. The third kappa shape index (κ3) is 3.01. The Hall–Kier alpha value is -3.01. The van der Waals surface area contributed by atoms with Crippen LogP contribution in [0.4, 0.5) is 5.69 Å². The van der Waals surface area contributed by atoms with Gasteiger partial charge >= 0.3 is 5.97 Å². The summed E-state index contributed by atoms with van der Waals surface area (Å²) >= 11 is 0. The Kier molecular flexibility index (Phi) is 4.48. The molecular formula is C23H23NO3. The van der Waals surface area contributed by atoms with Gasteiger partial charge in [0.05, 0.1) is 6.04 Å². The molecule has 2 aliphatic rings. The van der Waals surface area contributed by atoms with Crippen LogP contribution in [0.1, 0.15) is 37.0 Å². The standard InChI is InChI=1S/C23H23NO3/c1-15(2)24-18-12-7-6-11-17(18)21-19(24)13-8-14-20(21)27-22(23(25)26)16-9-4-3-5-10-16/h3-15,17-18,22H,1-2H3,(H,25,26). The molecule has 4 rings (SSSR count). The van der Waals surface area contributed by atoms with Crippen molar-refractivity contribution >= 4 is 11.7 Å². The minimum atomic E-state index is -1.03. The van der Waals surface area contributed by atoms with Gasteiger partial charge in [0.1, 0.15) is 5.75 Å². The Bertz CT molecular complexity index is 901. The van der Waals surface area contributed by atoms with Crippen LogP contribution in [0, 0.1) is 0 Å². The highest BCUT2D eigenvalue weighted by Gasteiger charge is 2.40. The van der Waals surface area contributed by atoms with Crippen LogP contribution in [0.25, 0.3) is 0 Å². The molecule has 138 valence electrons. The Morgan fingerprint density at radius 1 is 1.04 bits per heavy atom. The van der Waals surface area contributed by atoms with Gasteiger partial charge in [-0.15, -0.1) is 0 Å². The molecule has 3 atom stereocenters. The summed E-state index contributed by atoms with van der Waals surface area (Å²) in [6, 6.07) is 15.6. The number of hydrogen-bond donors (Lipinski definition) is 1. The molecule has 3 unspecified atom stereocenters. The molecule has 27 heavy (non-hydrogen) atoms. The van der Waals surface area contributed by atoms with Gasteiger partial charge in [0, 0.05) is 28.8 Å². The van der Waals surface area contributed by atoms with Crippen LogP contribution in [0.3, 0.4) is 0 Å². The van der Waals surface area contributed by atoms with Gasteiger partial charge < -0.3 is 14.7 Å². The molecule has 2 aromatic rings. The lowest BCUT2D eigenvalue weighted by atomic mass is 9.90. The van der Waals surface area contributed by atoms with Gasteiger partial charge in [0.15, 0.2) is 0 Å². The van der Waals surface area contributed by atoms with Crippen molar-refractivity contribution in [1.29, 1.82) is 0 Å². The summed E-state index contributed by atoms with van der Waals surface area (Å²) in [4.78, 5) is 14.3. The van der Waals surface area contributed by atoms with Crippen LogP contribution < -0.4 is 9.64 Å². The molecule has 0 radical (unpaired) electrons. The van der Waals surface area contributed by atoms with E-state index < -0.39 is 12.1 Å². The molecule has 1 N–H and O–H groups in total. The monoisotopic (exact) mass is 361 g/mol. The SMILES string of the molecule is CC(C)N1c2cccc(OC(C(=O)O)c3ccccc3)c2C2C=CC=CC21. The van der Waals surface area contributed by atoms with Gasteiger partial charge in [-0.1, -0.05) is 60.7 Å². The lowest BCUT2D eigenvalue weighted by molar-refractivity contribution is -0.145. The molecule has 0 aromatic heterocycles. The summed E-state index contributed by atoms with van der Waals surface area (Å²) in [6.45, 7) is 4.35.